The van der Waals surface area contributed by atoms with Gasteiger partial charge in [0.05, 0.1) is 5.56 Å². The standard InChI is InChI=1S/C17H13ClF3NO3/c18-13-7-3-11(4-8-13)15(23)22-14(16(24)25)9-10-1-5-12(6-2-10)17(19,20)21/h1-8,14H,9H2,(H,22,23)(H,24,25)/t14-/m1/s1. The maximum absolute atomic E-state index is 12.5. The highest BCUT2D eigenvalue weighted by Gasteiger charge is 2.30. The minimum atomic E-state index is -4.46. The van der Waals surface area contributed by atoms with Crippen LogP contribution in [0.4, 0.5) is 13.2 Å². The van der Waals surface area contributed by atoms with Crippen LogP contribution in [-0.4, -0.2) is 23.0 Å². The lowest BCUT2D eigenvalue weighted by Crippen LogP contribution is -2.42. The highest BCUT2D eigenvalue weighted by molar-refractivity contribution is 6.30. The van der Waals surface area contributed by atoms with E-state index in [4.69, 9.17) is 11.6 Å². The molecule has 0 unspecified atom stereocenters. The lowest BCUT2D eigenvalue weighted by molar-refractivity contribution is -0.139. The molecule has 1 atom stereocenters. The van der Waals surface area contributed by atoms with E-state index in [-0.39, 0.29) is 12.0 Å². The molecule has 0 saturated carbocycles. The number of alkyl halides is 3. The summed E-state index contributed by atoms with van der Waals surface area (Å²) < 4.78 is 37.6. The Kier molecular flexibility index (Phi) is 5.69. The van der Waals surface area contributed by atoms with E-state index in [2.05, 4.69) is 5.32 Å². The van der Waals surface area contributed by atoms with E-state index >= 15 is 0 Å². The summed E-state index contributed by atoms with van der Waals surface area (Å²) in [5, 5.41) is 12.0. The second-order valence-electron chi connectivity index (χ2n) is 5.27. The minimum absolute atomic E-state index is 0.146. The number of amides is 1. The number of halogens is 4. The number of carbonyl (C=O) groups is 2. The van der Waals surface area contributed by atoms with Crippen LogP contribution in [0.5, 0.6) is 0 Å². The third-order valence-corrected chi connectivity index (χ3v) is 3.68. The molecule has 1 amide bonds. The number of aliphatic carboxylic acids is 1. The first-order valence-corrected chi connectivity index (χ1v) is 7.50. The normalized spacial score (nSPS) is 12.5. The first-order chi connectivity index (χ1) is 11.7. The molecule has 132 valence electrons. The summed E-state index contributed by atoms with van der Waals surface area (Å²) >= 11 is 5.72. The van der Waals surface area contributed by atoms with E-state index in [1.807, 2.05) is 0 Å². The molecule has 0 aliphatic rings. The summed E-state index contributed by atoms with van der Waals surface area (Å²) in [4.78, 5) is 23.4. The van der Waals surface area contributed by atoms with Crippen molar-refractivity contribution >= 4 is 23.5 Å². The fourth-order valence-corrected chi connectivity index (χ4v) is 2.23. The second-order valence-corrected chi connectivity index (χ2v) is 5.71. The predicted molar refractivity (Wildman–Crippen MR) is 85.5 cm³/mol. The van der Waals surface area contributed by atoms with E-state index in [9.17, 15) is 27.9 Å². The van der Waals surface area contributed by atoms with Crippen LogP contribution in [0.25, 0.3) is 0 Å². The molecule has 2 aromatic rings. The fraction of sp³-hybridized carbons (Fsp3) is 0.176. The van der Waals surface area contributed by atoms with Crippen LogP contribution < -0.4 is 5.32 Å². The van der Waals surface area contributed by atoms with Crippen LogP contribution in [0.1, 0.15) is 21.5 Å². The van der Waals surface area contributed by atoms with Crippen LogP contribution in [0.2, 0.25) is 5.02 Å². The average Bonchev–Trinajstić information content (AvgIpc) is 2.54. The van der Waals surface area contributed by atoms with Crippen molar-refractivity contribution in [2.45, 2.75) is 18.6 Å². The van der Waals surface area contributed by atoms with Gasteiger partial charge in [0.2, 0.25) is 0 Å². The molecule has 0 heterocycles. The summed E-state index contributed by atoms with van der Waals surface area (Å²) in [6.45, 7) is 0. The molecule has 2 N–H and O–H groups in total. The van der Waals surface area contributed by atoms with E-state index < -0.39 is 29.7 Å². The van der Waals surface area contributed by atoms with Crippen molar-refractivity contribution in [1.82, 2.24) is 5.32 Å². The van der Waals surface area contributed by atoms with Crippen LogP contribution >= 0.6 is 11.6 Å². The zero-order chi connectivity index (χ0) is 18.6. The third kappa shape index (κ3) is 5.22. The van der Waals surface area contributed by atoms with Crippen molar-refractivity contribution in [2.75, 3.05) is 0 Å². The highest BCUT2D eigenvalue weighted by Crippen LogP contribution is 2.29. The Morgan fingerprint density at radius 1 is 1.04 bits per heavy atom. The average molecular weight is 372 g/mol. The van der Waals surface area contributed by atoms with Gasteiger partial charge in [-0.2, -0.15) is 13.2 Å². The smallest absolute Gasteiger partial charge is 0.416 e. The van der Waals surface area contributed by atoms with Crippen LogP contribution in [-0.2, 0) is 17.4 Å². The van der Waals surface area contributed by atoms with Gasteiger partial charge in [-0.3, -0.25) is 4.79 Å². The Morgan fingerprint density at radius 2 is 1.60 bits per heavy atom. The molecule has 2 aromatic carbocycles. The van der Waals surface area contributed by atoms with Gasteiger partial charge in [0.15, 0.2) is 0 Å². The van der Waals surface area contributed by atoms with Gasteiger partial charge in [0.1, 0.15) is 6.04 Å². The second kappa shape index (κ2) is 7.57. The number of hydrogen-bond donors (Lipinski definition) is 2. The zero-order valence-electron chi connectivity index (χ0n) is 12.7. The summed E-state index contributed by atoms with van der Waals surface area (Å²) in [5.41, 5.74) is -0.242. The van der Waals surface area contributed by atoms with Gasteiger partial charge in [-0.25, -0.2) is 4.79 Å². The maximum atomic E-state index is 12.5. The lowest BCUT2D eigenvalue weighted by Gasteiger charge is -2.15. The van der Waals surface area contributed by atoms with Gasteiger partial charge in [0, 0.05) is 17.0 Å². The van der Waals surface area contributed by atoms with Crippen LogP contribution in [0.15, 0.2) is 48.5 Å². The molecule has 0 fully saturated rings. The predicted octanol–water partition coefficient (Wildman–Crippen LogP) is 3.78. The Labute approximate surface area is 146 Å². The van der Waals surface area contributed by atoms with E-state index in [1.54, 1.807) is 0 Å². The number of nitrogens with one attached hydrogen (secondary N) is 1. The molecule has 0 aliphatic carbocycles. The van der Waals surface area contributed by atoms with Gasteiger partial charge in [-0.05, 0) is 42.0 Å². The van der Waals surface area contributed by atoms with Crippen LogP contribution in [0, 0.1) is 0 Å². The van der Waals surface area contributed by atoms with Crippen molar-refractivity contribution in [3.63, 3.8) is 0 Å². The SMILES string of the molecule is O=C(N[C@H](Cc1ccc(C(F)(F)F)cc1)C(=O)O)c1ccc(Cl)cc1. The first-order valence-electron chi connectivity index (χ1n) is 7.12. The monoisotopic (exact) mass is 371 g/mol. The van der Waals surface area contributed by atoms with Crippen molar-refractivity contribution in [2.24, 2.45) is 0 Å². The van der Waals surface area contributed by atoms with Gasteiger partial charge < -0.3 is 10.4 Å². The molecule has 0 aliphatic heterocycles. The van der Waals surface area contributed by atoms with Gasteiger partial charge >= 0.3 is 12.1 Å². The Morgan fingerprint density at radius 3 is 2.08 bits per heavy atom. The zero-order valence-corrected chi connectivity index (χ0v) is 13.4. The number of carboxylic acid groups (broad SMARTS) is 1. The number of hydrogen-bond acceptors (Lipinski definition) is 2. The van der Waals surface area contributed by atoms with Gasteiger partial charge in [-0.1, -0.05) is 23.7 Å². The number of carboxylic acids is 1. The van der Waals surface area contributed by atoms with Crippen LogP contribution in [0.3, 0.4) is 0 Å². The lowest BCUT2D eigenvalue weighted by atomic mass is 10.0. The Hall–Kier alpha value is -2.54. The molecule has 2 rings (SSSR count). The summed E-state index contributed by atoms with van der Waals surface area (Å²) in [7, 11) is 0. The summed E-state index contributed by atoms with van der Waals surface area (Å²) in [5.74, 6) is -1.90. The molecular formula is C17H13ClF3NO3. The van der Waals surface area contributed by atoms with Gasteiger partial charge in [0.25, 0.3) is 5.91 Å². The van der Waals surface area contributed by atoms with E-state index in [0.29, 0.717) is 10.6 Å². The first kappa shape index (κ1) is 18.8. The quantitative estimate of drug-likeness (QED) is 0.840. The highest BCUT2D eigenvalue weighted by atomic mass is 35.5. The molecule has 0 aromatic heterocycles. The Balaban J connectivity index is 2.09. The molecular weight excluding hydrogens is 359 g/mol. The van der Waals surface area contributed by atoms with Crippen molar-refractivity contribution in [3.8, 4) is 0 Å². The van der Waals surface area contributed by atoms with E-state index in [0.717, 1.165) is 12.1 Å². The van der Waals surface area contributed by atoms with E-state index in [1.165, 1.54) is 36.4 Å². The molecule has 8 heteroatoms. The number of benzene rings is 2. The molecule has 25 heavy (non-hydrogen) atoms. The third-order valence-electron chi connectivity index (χ3n) is 3.43. The van der Waals surface area contributed by atoms with Gasteiger partial charge in [-0.15, -0.1) is 0 Å². The molecule has 0 bridgehead atoms. The number of rotatable bonds is 5. The molecule has 4 nitrogen and oxygen atoms in total. The minimum Gasteiger partial charge on any atom is -0.480 e. The fourth-order valence-electron chi connectivity index (χ4n) is 2.11. The maximum Gasteiger partial charge on any atom is 0.416 e. The largest absolute Gasteiger partial charge is 0.480 e. The molecule has 0 saturated heterocycles. The topological polar surface area (TPSA) is 66.4 Å². The van der Waals surface area contributed by atoms with Crippen molar-refractivity contribution in [3.05, 3.63) is 70.2 Å². The molecule has 0 radical (unpaired) electrons. The number of carbonyl (C=O) groups excluding carboxylic acids is 1. The van der Waals surface area contributed by atoms with Crippen molar-refractivity contribution in [1.29, 1.82) is 0 Å². The van der Waals surface area contributed by atoms with Crippen molar-refractivity contribution < 1.29 is 27.9 Å². The summed E-state index contributed by atoms with van der Waals surface area (Å²) in [6, 6.07) is 8.69. The Bertz CT molecular complexity index is 758. The molecule has 0 spiro atoms. The summed E-state index contributed by atoms with van der Waals surface area (Å²) in [6.07, 6.45) is -4.61.